The van der Waals surface area contributed by atoms with Crippen molar-refractivity contribution in [3.8, 4) is 0 Å². The number of aryl methyl sites for hydroxylation is 2. The van der Waals surface area contributed by atoms with Crippen LogP contribution in [0.15, 0.2) is 41.6 Å². The lowest BCUT2D eigenvalue weighted by molar-refractivity contribution is 0.515. The van der Waals surface area contributed by atoms with Crippen molar-refractivity contribution in [2.75, 3.05) is 6.26 Å². The normalized spacial score (nSPS) is 13.3. The van der Waals surface area contributed by atoms with Crippen molar-refractivity contribution < 1.29 is 8.42 Å². The molecule has 0 bridgehead atoms. The lowest BCUT2D eigenvalue weighted by Gasteiger charge is -2.16. The highest BCUT2D eigenvalue weighted by atomic mass is 32.2. The van der Waals surface area contributed by atoms with Gasteiger partial charge in [-0.3, -0.25) is 16.0 Å². The molecule has 1 atom stereocenters. The predicted octanol–water partition coefficient (Wildman–Crippen LogP) is 0.961. The van der Waals surface area contributed by atoms with Crippen LogP contribution in [-0.2, 0) is 23.3 Å². The van der Waals surface area contributed by atoms with E-state index in [4.69, 9.17) is 5.84 Å². The van der Waals surface area contributed by atoms with Gasteiger partial charge < -0.3 is 0 Å². The fraction of sp³-hybridized carbons (Fsp3) is 0.357. The number of hydrogen-bond acceptors (Lipinski definition) is 5. The summed E-state index contributed by atoms with van der Waals surface area (Å²) in [6.45, 7) is 0. The first-order chi connectivity index (χ1) is 9.90. The first-order valence-electron chi connectivity index (χ1n) is 6.64. The Hall–Kier alpha value is -1.70. The summed E-state index contributed by atoms with van der Waals surface area (Å²) in [5, 5.41) is 4.13. The highest BCUT2D eigenvalue weighted by molar-refractivity contribution is 7.90. The van der Waals surface area contributed by atoms with Gasteiger partial charge in [-0.2, -0.15) is 5.10 Å². The number of rotatable bonds is 6. The molecule has 2 rings (SSSR count). The summed E-state index contributed by atoms with van der Waals surface area (Å²) >= 11 is 0. The van der Waals surface area contributed by atoms with Crippen LogP contribution in [0.2, 0.25) is 0 Å². The fourth-order valence-corrected chi connectivity index (χ4v) is 2.90. The van der Waals surface area contributed by atoms with Crippen LogP contribution in [0.5, 0.6) is 0 Å². The van der Waals surface area contributed by atoms with E-state index >= 15 is 0 Å². The molecule has 114 valence electrons. The first-order valence-corrected chi connectivity index (χ1v) is 8.53. The van der Waals surface area contributed by atoms with Crippen molar-refractivity contribution in [1.82, 2.24) is 15.2 Å². The molecule has 21 heavy (non-hydrogen) atoms. The SMILES string of the molecule is Cn1cc(CCC(NN)c2cccc(S(C)(=O)=O)c2)cn1. The molecule has 3 N–H and O–H groups in total. The van der Waals surface area contributed by atoms with Gasteiger partial charge in [0.2, 0.25) is 0 Å². The molecule has 6 nitrogen and oxygen atoms in total. The Kier molecular flexibility index (Phi) is 4.76. The molecule has 1 aromatic carbocycles. The van der Waals surface area contributed by atoms with Crippen molar-refractivity contribution in [2.45, 2.75) is 23.8 Å². The number of nitrogens with zero attached hydrogens (tertiary/aromatic N) is 2. The molecule has 0 spiro atoms. The Morgan fingerprint density at radius 1 is 1.43 bits per heavy atom. The van der Waals surface area contributed by atoms with Gasteiger partial charge in [-0.05, 0) is 36.1 Å². The number of hydrazine groups is 1. The summed E-state index contributed by atoms with van der Waals surface area (Å²) in [6.07, 6.45) is 6.55. The minimum atomic E-state index is -3.21. The molecular weight excluding hydrogens is 288 g/mol. The summed E-state index contributed by atoms with van der Waals surface area (Å²) in [5.41, 5.74) is 4.74. The van der Waals surface area contributed by atoms with E-state index in [2.05, 4.69) is 10.5 Å². The summed E-state index contributed by atoms with van der Waals surface area (Å²) in [4.78, 5) is 0.307. The van der Waals surface area contributed by atoms with Crippen LogP contribution < -0.4 is 11.3 Å². The quantitative estimate of drug-likeness (QED) is 0.613. The Bertz CT molecular complexity index is 709. The Morgan fingerprint density at radius 3 is 2.76 bits per heavy atom. The molecule has 0 fully saturated rings. The largest absolute Gasteiger partial charge is 0.276 e. The second kappa shape index (κ2) is 6.38. The number of nitrogens with one attached hydrogen (secondary N) is 1. The predicted molar refractivity (Wildman–Crippen MR) is 81.1 cm³/mol. The van der Waals surface area contributed by atoms with Crippen LogP contribution >= 0.6 is 0 Å². The van der Waals surface area contributed by atoms with Gasteiger partial charge in [0.15, 0.2) is 9.84 Å². The third kappa shape index (κ3) is 4.13. The van der Waals surface area contributed by atoms with Crippen LogP contribution in [0, 0.1) is 0 Å². The van der Waals surface area contributed by atoms with Crippen LogP contribution in [0.3, 0.4) is 0 Å². The summed E-state index contributed by atoms with van der Waals surface area (Å²) < 4.78 is 25.0. The maximum atomic E-state index is 11.6. The molecule has 0 aliphatic heterocycles. The van der Waals surface area contributed by atoms with E-state index in [1.54, 1.807) is 22.9 Å². The van der Waals surface area contributed by atoms with Crippen molar-refractivity contribution in [2.24, 2.45) is 12.9 Å². The van der Waals surface area contributed by atoms with Gasteiger partial charge in [0.05, 0.1) is 11.1 Å². The van der Waals surface area contributed by atoms with Crippen molar-refractivity contribution in [3.63, 3.8) is 0 Å². The third-order valence-corrected chi connectivity index (χ3v) is 4.48. The molecule has 0 aliphatic rings. The standard InChI is InChI=1S/C14H20N4O2S/c1-18-10-11(9-16-18)6-7-14(17-15)12-4-3-5-13(8-12)21(2,19)20/h3-5,8-10,14,17H,6-7,15H2,1-2H3. The minimum Gasteiger partial charge on any atom is -0.276 e. The molecule has 2 aromatic rings. The second-order valence-corrected chi connectivity index (χ2v) is 7.14. The summed E-state index contributed by atoms with van der Waals surface area (Å²) in [6, 6.07) is 6.77. The fourth-order valence-electron chi connectivity index (χ4n) is 2.22. The van der Waals surface area contributed by atoms with Crippen molar-refractivity contribution in [3.05, 3.63) is 47.8 Å². The number of benzene rings is 1. The van der Waals surface area contributed by atoms with Crippen LogP contribution in [0.25, 0.3) is 0 Å². The van der Waals surface area contributed by atoms with E-state index in [1.807, 2.05) is 25.5 Å². The van der Waals surface area contributed by atoms with Gasteiger partial charge in [-0.25, -0.2) is 8.42 Å². The van der Waals surface area contributed by atoms with E-state index in [-0.39, 0.29) is 6.04 Å². The number of sulfone groups is 1. The molecule has 0 radical (unpaired) electrons. The van der Waals surface area contributed by atoms with Crippen molar-refractivity contribution in [1.29, 1.82) is 0 Å². The van der Waals surface area contributed by atoms with Gasteiger partial charge in [-0.15, -0.1) is 0 Å². The lowest BCUT2D eigenvalue weighted by Crippen LogP contribution is -2.28. The third-order valence-electron chi connectivity index (χ3n) is 3.37. The highest BCUT2D eigenvalue weighted by Crippen LogP contribution is 2.21. The van der Waals surface area contributed by atoms with Crippen LogP contribution in [-0.4, -0.2) is 24.5 Å². The zero-order valence-electron chi connectivity index (χ0n) is 12.2. The van der Waals surface area contributed by atoms with Gasteiger partial charge in [0.1, 0.15) is 0 Å². The molecule has 0 saturated carbocycles. The average Bonchev–Trinajstić information content (AvgIpc) is 2.85. The zero-order chi connectivity index (χ0) is 15.5. The van der Waals surface area contributed by atoms with Gasteiger partial charge in [0, 0.05) is 25.5 Å². The van der Waals surface area contributed by atoms with Crippen LogP contribution in [0.4, 0.5) is 0 Å². The number of hydrogen-bond donors (Lipinski definition) is 2. The number of aromatic nitrogens is 2. The second-order valence-electron chi connectivity index (χ2n) is 5.12. The first kappa shape index (κ1) is 15.7. The molecule has 0 aliphatic carbocycles. The molecular formula is C14H20N4O2S. The van der Waals surface area contributed by atoms with Gasteiger partial charge >= 0.3 is 0 Å². The highest BCUT2D eigenvalue weighted by Gasteiger charge is 2.14. The Labute approximate surface area is 124 Å². The summed E-state index contributed by atoms with van der Waals surface area (Å²) in [7, 11) is -1.34. The smallest absolute Gasteiger partial charge is 0.175 e. The van der Waals surface area contributed by atoms with Crippen LogP contribution in [0.1, 0.15) is 23.6 Å². The van der Waals surface area contributed by atoms with Gasteiger partial charge in [-0.1, -0.05) is 12.1 Å². The van der Waals surface area contributed by atoms with E-state index in [0.29, 0.717) is 4.90 Å². The molecule has 0 saturated heterocycles. The molecule has 7 heteroatoms. The zero-order valence-corrected chi connectivity index (χ0v) is 13.0. The molecule has 1 aromatic heterocycles. The average molecular weight is 308 g/mol. The topological polar surface area (TPSA) is 90.0 Å². The Morgan fingerprint density at radius 2 is 2.19 bits per heavy atom. The molecule has 0 amide bonds. The van der Waals surface area contributed by atoms with Gasteiger partial charge in [0.25, 0.3) is 0 Å². The molecule has 1 unspecified atom stereocenters. The monoisotopic (exact) mass is 308 g/mol. The van der Waals surface area contributed by atoms with E-state index in [0.717, 1.165) is 24.0 Å². The maximum Gasteiger partial charge on any atom is 0.175 e. The minimum absolute atomic E-state index is 0.105. The summed E-state index contributed by atoms with van der Waals surface area (Å²) in [5.74, 6) is 5.61. The van der Waals surface area contributed by atoms with E-state index in [1.165, 1.54) is 6.26 Å². The number of nitrogens with two attached hydrogens (primary N) is 1. The lowest BCUT2D eigenvalue weighted by atomic mass is 10.0. The van der Waals surface area contributed by atoms with E-state index < -0.39 is 9.84 Å². The Balaban J connectivity index is 2.14. The molecule has 1 heterocycles. The maximum absolute atomic E-state index is 11.6. The van der Waals surface area contributed by atoms with E-state index in [9.17, 15) is 8.42 Å². The van der Waals surface area contributed by atoms with Crippen molar-refractivity contribution >= 4 is 9.84 Å².